The minimum atomic E-state index is 0.160. The second kappa shape index (κ2) is 6.01. The van der Waals surface area contributed by atoms with Crippen LogP contribution in [0.1, 0.15) is 38.3 Å². The van der Waals surface area contributed by atoms with Gasteiger partial charge >= 0.3 is 0 Å². The predicted molar refractivity (Wildman–Crippen MR) is 69.0 cm³/mol. The van der Waals surface area contributed by atoms with Gasteiger partial charge in [0.05, 0.1) is 12.8 Å². The van der Waals surface area contributed by atoms with Crippen LogP contribution in [0.4, 0.5) is 0 Å². The second-order valence-electron chi connectivity index (χ2n) is 5.13. The summed E-state index contributed by atoms with van der Waals surface area (Å²) in [6.07, 6.45) is 7.99. The molecule has 94 valence electrons. The van der Waals surface area contributed by atoms with Gasteiger partial charge in [-0.3, -0.25) is 4.98 Å². The Bertz CT molecular complexity index is 329. The lowest BCUT2D eigenvalue weighted by Gasteiger charge is -2.11. The molecule has 0 aromatic carbocycles. The smallest absolute Gasteiger partial charge is 0.137 e. The van der Waals surface area contributed by atoms with Crippen molar-refractivity contribution in [2.75, 3.05) is 6.61 Å². The Hall–Kier alpha value is -1.09. The van der Waals surface area contributed by atoms with Crippen LogP contribution in [0.15, 0.2) is 18.3 Å². The average molecular weight is 234 g/mol. The second-order valence-corrected chi connectivity index (χ2v) is 5.13. The molecule has 0 aliphatic heterocycles. The van der Waals surface area contributed by atoms with E-state index in [0.717, 1.165) is 30.4 Å². The molecule has 1 atom stereocenters. The summed E-state index contributed by atoms with van der Waals surface area (Å²) in [6, 6.07) is 4.17. The van der Waals surface area contributed by atoms with Gasteiger partial charge in [0.2, 0.25) is 0 Å². The van der Waals surface area contributed by atoms with Crippen molar-refractivity contribution in [2.24, 2.45) is 11.7 Å². The Morgan fingerprint density at radius 1 is 1.41 bits per heavy atom. The summed E-state index contributed by atoms with van der Waals surface area (Å²) in [4.78, 5) is 4.36. The number of hydrogen-bond acceptors (Lipinski definition) is 3. The Morgan fingerprint density at radius 3 is 2.76 bits per heavy atom. The Morgan fingerprint density at radius 2 is 2.18 bits per heavy atom. The van der Waals surface area contributed by atoms with E-state index in [0.29, 0.717) is 0 Å². The molecule has 0 radical (unpaired) electrons. The van der Waals surface area contributed by atoms with Crippen molar-refractivity contribution in [3.8, 4) is 5.75 Å². The molecule has 1 aliphatic rings. The first-order valence-electron chi connectivity index (χ1n) is 6.57. The summed E-state index contributed by atoms with van der Waals surface area (Å²) < 4.78 is 5.76. The van der Waals surface area contributed by atoms with Crippen LogP contribution in [0, 0.1) is 5.92 Å². The van der Waals surface area contributed by atoms with E-state index < -0.39 is 0 Å². The van der Waals surface area contributed by atoms with Gasteiger partial charge in [0.1, 0.15) is 5.75 Å². The summed E-state index contributed by atoms with van der Waals surface area (Å²) in [5.74, 6) is 1.63. The topological polar surface area (TPSA) is 48.1 Å². The largest absolute Gasteiger partial charge is 0.492 e. The molecule has 1 heterocycles. The molecule has 17 heavy (non-hydrogen) atoms. The van der Waals surface area contributed by atoms with Gasteiger partial charge in [-0.2, -0.15) is 0 Å². The van der Waals surface area contributed by atoms with Crippen LogP contribution in [-0.4, -0.2) is 17.6 Å². The molecule has 1 saturated carbocycles. The van der Waals surface area contributed by atoms with Crippen molar-refractivity contribution in [2.45, 2.75) is 45.1 Å². The third-order valence-electron chi connectivity index (χ3n) is 3.29. The number of rotatable bonds is 5. The highest BCUT2D eigenvalue weighted by Gasteiger charge is 2.15. The van der Waals surface area contributed by atoms with Crippen LogP contribution in [0.2, 0.25) is 0 Å². The van der Waals surface area contributed by atoms with Gasteiger partial charge in [0.15, 0.2) is 0 Å². The molecule has 0 spiro atoms. The van der Waals surface area contributed by atoms with Crippen LogP contribution in [0.5, 0.6) is 5.75 Å². The standard InChI is InChI=1S/C14H22N2O/c1-11(15)8-13-6-7-14(9-16-13)17-10-12-4-2-3-5-12/h6-7,9,11-12H,2-5,8,10,15H2,1H3. The zero-order valence-electron chi connectivity index (χ0n) is 10.6. The third kappa shape index (κ3) is 4.00. The lowest BCUT2D eigenvalue weighted by molar-refractivity contribution is 0.251. The lowest BCUT2D eigenvalue weighted by Crippen LogP contribution is -2.18. The number of aromatic nitrogens is 1. The monoisotopic (exact) mass is 234 g/mol. The highest BCUT2D eigenvalue weighted by molar-refractivity contribution is 5.20. The Kier molecular flexibility index (Phi) is 4.37. The summed E-state index contributed by atoms with van der Waals surface area (Å²) in [5, 5.41) is 0. The van der Waals surface area contributed by atoms with E-state index in [4.69, 9.17) is 10.5 Å². The molecule has 1 fully saturated rings. The number of nitrogens with zero attached hydrogens (tertiary/aromatic N) is 1. The van der Waals surface area contributed by atoms with Gasteiger partial charge in [0.25, 0.3) is 0 Å². The molecule has 0 bridgehead atoms. The van der Waals surface area contributed by atoms with Gasteiger partial charge < -0.3 is 10.5 Å². The van der Waals surface area contributed by atoms with E-state index in [2.05, 4.69) is 4.98 Å². The van der Waals surface area contributed by atoms with Crippen LogP contribution >= 0.6 is 0 Å². The summed E-state index contributed by atoms with van der Waals surface area (Å²) in [7, 11) is 0. The molecule has 2 N–H and O–H groups in total. The van der Waals surface area contributed by atoms with Crippen molar-refractivity contribution < 1.29 is 4.74 Å². The van der Waals surface area contributed by atoms with Gasteiger partial charge in [-0.1, -0.05) is 12.8 Å². The van der Waals surface area contributed by atoms with Crippen molar-refractivity contribution in [3.63, 3.8) is 0 Å². The molecular formula is C14H22N2O. The molecule has 3 nitrogen and oxygen atoms in total. The number of ether oxygens (including phenoxy) is 1. The molecule has 0 saturated heterocycles. The predicted octanol–water partition coefficient (Wildman–Crippen LogP) is 2.54. The molecular weight excluding hydrogens is 212 g/mol. The van der Waals surface area contributed by atoms with E-state index in [9.17, 15) is 0 Å². The fraction of sp³-hybridized carbons (Fsp3) is 0.643. The van der Waals surface area contributed by atoms with E-state index in [1.807, 2.05) is 25.3 Å². The quantitative estimate of drug-likeness (QED) is 0.851. The van der Waals surface area contributed by atoms with Crippen LogP contribution in [0.3, 0.4) is 0 Å². The van der Waals surface area contributed by atoms with Crippen molar-refractivity contribution in [1.29, 1.82) is 0 Å². The van der Waals surface area contributed by atoms with E-state index >= 15 is 0 Å². The molecule has 2 rings (SSSR count). The van der Waals surface area contributed by atoms with Gasteiger partial charge in [0, 0.05) is 18.2 Å². The molecule has 3 heteroatoms. The summed E-state index contributed by atoms with van der Waals surface area (Å²) in [5.41, 5.74) is 6.77. The molecule has 1 aromatic heterocycles. The van der Waals surface area contributed by atoms with Crippen molar-refractivity contribution >= 4 is 0 Å². The van der Waals surface area contributed by atoms with Gasteiger partial charge in [-0.15, -0.1) is 0 Å². The van der Waals surface area contributed by atoms with Gasteiger partial charge in [-0.25, -0.2) is 0 Å². The van der Waals surface area contributed by atoms with E-state index in [1.165, 1.54) is 25.7 Å². The third-order valence-corrected chi connectivity index (χ3v) is 3.29. The summed E-state index contributed by atoms with van der Waals surface area (Å²) >= 11 is 0. The van der Waals surface area contributed by atoms with Crippen molar-refractivity contribution in [1.82, 2.24) is 4.98 Å². The Labute approximate surface area is 103 Å². The average Bonchev–Trinajstić information content (AvgIpc) is 2.80. The highest BCUT2D eigenvalue weighted by Crippen LogP contribution is 2.25. The first kappa shape index (κ1) is 12.4. The molecule has 1 aromatic rings. The normalized spacial score (nSPS) is 18.2. The fourth-order valence-corrected chi connectivity index (χ4v) is 2.34. The first-order chi connectivity index (χ1) is 8.24. The van der Waals surface area contributed by atoms with E-state index in [1.54, 1.807) is 0 Å². The minimum Gasteiger partial charge on any atom is -0.492 e. The molecule has 1 aliphatic carbocycles. The minimum absolute atomic E-state index is 0.160. The van der Waals surface area contributed by atoms with Crippen LogP contribution in [0.25, 0.3) is 0 Å². The summed E-state index contributed by atoms with van der Waals surface area (Å²) in [6.45, 7) is 2.83. The maximum atomic E-state index is 5.76. The SMILES string of the molecule is CC(N)Cc1ccc(OCC2CCCC2)cn1. The maximum Gasteiger partial charge on any atom is 0.137 e. The highest BCUT2D eigenvalue weighted by atomic mass is 16.5. The number of hydrogen-bond donors (Lipinski definition) is 1. The number of pyridine rings is 1. The lowest BCUT2D eigenvalue weighted by atomic mass is 10.1. The van der Waals surface area contributed by atoms with Gasteiger partial charge in [-0.05, 0) is 37.8 Å². The first-order valence-corrected chi connectivity index (χ1v) is 6.57. The fourth-order valence-electron chi connectivity index (χ4n) is 2.34. The molecule has 0 amide bonds. The molecule has 1 unspecified atom stereocenters. The zero-order chi connectivity index (χ0) is 12.1. The maximum absolute atomic E-state index is 5.76. The van der Waals surface area contributed by atoms with Crippen LogP contribution in [-0.2, 0) is 6.42 Å². The zero-order valence-corrected chi connectivity index (χ0v) is 10.6. The van der Waals surface area contributed by atoms with Crippen molar-refractivity contribution in [3.05, 3.63) is 24.0 Å². The Balaban J connectivity index is 1.80. The number of nitrogens with two attached hydrogens (primary N) is 1. The van der Waals surface area contributed by atoms with E-state index in [-0.39, 0.29) is 6.04 Å². The van der Waals surface area contributed by atoms with Crippen LogP contribution < -0.4 is 10.5 Å².